The molecule has 1 amide bonds. The first-order chi connectivity index (χ1) is 9.49. The summed E-state index contributed by atoms with van der Waals surface area (Å²) >= 11 is 0. The number of fused-ring (bicyclic) bond motifs is 1. The summed E-state index contributed by atoms with van der Waals surface area (Å²) in [4.78, 5) is 14.4. The van der Waals surface area contributed by atoms with Gasteiger partial charge < -0.3 is 15.4 Å². The Morgan fingerprint density at radius 1 is 1.40 bits per heavy atom. The Kier molecular flexibility index (Phi) is 3.21. The molecule has 0 saturated carbocycles. The number of likely N-dealkylation sites (tertiary alicyclic amines) is 1. The van der Waals surface area contributed by atoms with Crippen molar-refractivity contribution >= 4 is 5.91 Å². The molecule has 2 N–H and O–H groups in total. The molecule has 4 nitrogen and oxygen atoms in total. The van der Waals surface area contributed by atoms with Crippen LogP contribution in [0, 0.1) is 11.8 Å². The van der Waals surface area contributed by atoms with Crippen molar-refractivity contribution in [2.45, 2.75) is 25.8 Å². The van der Waals surface area contributed by atoms with E-state index in [2.05, 4.69) is 13.8 Å². The molecule has 1 fully saturated rings. The van der Waals surface area contributed by atoms with Crippen LogP contribution in [0.5, 0.6) is 5.75 Å². The number of rotatable bonds is 2. The van der Waals surface area contributed by atoms with Gasteiger partial charge in [-0.1, -0.05) is 32.0 Å². The van der Waals surface area contributed by atoms with Gasteiger partial charge in [0.1, 0.15) is 12.4 Å². The van der Waals surface area contributed by atoms with E-state index in [1.165, 1.54) is 0 Å². The fourth-order valence-electron chi connectivity index (χ4n) is 2.93. The molecule has 108 valence electrons. The molecule has 2 aliphatic heterocycles. The average Bonchev–Trinajstić information content (AvgIpc) is 2.42. The number of carbonyl (C=O) groups is 1. The van der Waals surface area contributed by atoms with Crippen molar-refractivity contribution in [3.63, 3.8) is 0 Å². The molecule has 2 heterocycles. The Bertz CT molecular complexity index is 521. The largest absolute Gasteiger partial charge is 0.492 e. The lowest BCUT2D eigenvalue weighted by Gasteiger charge is -2.51. The molecule has 1 unspecified atom stereocenters. The molecule has 0 aromatic heterocycles. The third kappa shape index (κ3) is 2.18. The summed E-state index contributed by atoms with van der Waals surface area (Å²) in [5.41, 5.74) is 7.17. The van der Waals surface area contributed by atoms with Crippen LogP contribution in [0.3, 0.4) is 0 Å². The number of hydrogen-bond donors (Lipinski definition) is 1. The van der Waals surface area contributed by atoms with Crippen LogP contribution in [0.15, 0.2) is 24.3 Å². The maximum Gasteiger partial charge on any atom is 0.229 e. The molecule has 2 aliphatic rings. The smallest absolute Gasteiger partial charge is 0.229 e. The topological polar surface area (TPSA) is 55.6 Å². The van der Waals surface area contributed by atoms with Gasteiger partial charge in [-0.15, -0.1) is 0 Å². The molecule has 0 radical (unpaired) electrons. The summed E-state index contributed by atoms with van der Waals surface area (Å²) in [7, 11) is 0. The molecule has 20 heavy (non-hydrogen) atoms. The zero-order valence-corrected chi connectivity index (χ0v) is 12.1. The van der Waals surface area contributed by atoms with E-state index in [9.17, 15) is 4.79 Å². The van der Waals surface area contributed by atoms with Crippen LogP contribution in [-0.4, -0.2) is 36.0 Å². The minimum Gasteiger partial charge on any atom is -0.492 e. The standard InChI is InChI=1S/C16H22N2O2/c1-11(2)16(17)9-18(10-16)15(19)13-7-12-5-3-4-6-14(12)20-8-13/h3-6,11,13H,7-10,17H2,1-2H3. The van der Waals surface area contributed by atoms with E-state index >= 15 is 0 Å². The molecule has 3 rings (SSSR count). The first-order valence-corrected chi connectivity index (χ1v) is 7.28. The molecule has 1 saturated heterocycles. The Morgan fingerprint density at radius 3 is 2.80 bits per heavy atom. The highest BCUT2D eigenvalue weighted by molar-refractivity contribution is 5.81. The first-order valence-electron chi connectivity index (χ1n) is 7.28. The van der Waals surface area contributed by atoms with E-state index in [0.717, 1.165) is 17.7 Å². The summed E-state index contributed by atoms with van der Waals surface area (Å²) in [5, 5.41) is 0. The number of nitrogens with two attached hydrogens (primary N) is 1. The molecule has 0 aliphatic carbocycles. The number of hydrogen-bond acceptors (Lipinski definition) is 3. The molecule has 1 aromatic rings. The first kappa shape index (κ1) is 13.4. The molecule has 1 aromatic carbocycles. The van der Waals surface area contributed by atoms with Gasteiger partial charge in [-0.2, -0.15) is 0 Å². The predicted octanol–water partition coefficient (Wildman–Crippen LogP) is 1.43. The Balaban J connectivity index is 1.64. The van der Waals surface area contributed by atoms with Gasteiger partial charge in [0.05, 0.1) is 11.5 Å². The highest BCUT2D eigenvalue weighted by Crippen LogP contribution is 2.31. The van der Waals surface area contributed by atoms with Gasteiger partial charge in [0.15, 0.2) is 0 Å². The van der Waals surface area contributed by atoms with Gasteiger partial charge in [-0.05, 0) is 24.0 Å². The van der Waals surface area contributed by atoms with E-state index in [4.69, 9.17) is 10.5 Å². The molecule has 4 heteroatoms. The van der Waals surface area contributed by atoms with E-state index in [1.807, 2.05) is 29.2 Å². The van der Waals surface area contributed by atoms with Gasteiger partial charge >= 0.3 is 0 Å². The van der Waals surface area contributed by atoms with Gasteiger partial charge in [-0.25, -0.2) is 0 Å². The van der Waals surface area contributed by atoms with Gasteiger partial charge in [0.2, 0.25) is 5.91 Å². The summed E-state index contributed by atoms with van der Waals surface area (Å²) < 4.78 is 5.70. The van der Waals surface area contributed by atoms with Crippen LogP contribution in [0.1, 0.15) is 19.4 Å². The Morgan fingerprint density at radius 2 is 2.10 bits per heavy atom. The molecule has 1 atom stereocenters. The van der Waals surface area contributed by atoms with Crippen LogP contribution in [-0.2, 0) is 11.2 Å². The summed E-state index contributed by atoms with van der Waals surface area (Å²) in [5.74, 6) is 1.42. The van der Waals surface area contributed by atoms with Gasteiger partial charge in [0, 0.05) is 13.1 Å². The molecular weight excluding hydrogens is 252 g/mol. The second kappa shape index (κ2) is 4.77. The van der Waals surface area contributed by atoms with E-state index in [0.29, 0.717) is 25.6 Å². The van der Waals surface area contributed by atoms with Crippen LogP contribution in [0.25, 0.3) is 0 Å². The van der Waals surface area contributed by atoms with Crippen molar-refractivity contribution in [1.29, 1.82) is 0 Å². The maximum absolute atomic E-state index is 12.5. The van der Waals surface area contributed by atoms with Crippen molar-refractivity contribution in [1.82, 2.24) is 4.90 Å². The maximum atomic E-state index is 12.5. The zero-order chi connectivity index (χ0) is 14.3. The fourth-order valence-corrected chi connectivity index (χ4v) is 2.93. The lowest BCUT2D eigenvalue weighted by Crippen LogP contribution is -2.72. The fraction of sp³-hybridized carbons (Fsp3) is 0.562. The number of nitrogens with zero attached hydrogens (tertiary/aromatic N) is 1. The molecule has 0 bridgehead atoms. The van der Waals surface area contributed by atoms with Crippen molar-refractivity contribution < 1.29 is 9.53 Å². The van der Waals surface area contributed by atoms with Crippen molar-refractivity contribution in [3.05, 3.63) is 29.8 Å². The lowest BCUT2D eigenvalue weighted by molar-refractivity contribution is -0.146. The Hall–Kier alpha value is -1.55. The van der Waals surface area contributed by atoms with Crippen molar-refractivity contribution in [2.75, 3.05) is 19.7 Å². The third-order valence-corrected chi connectivity index (χ3v) is 4.66. The number of amides is 1. The minimum absolute atomic E-state index is 0.0680. The summed E-state index contributed by atoms with van der Waals surface area (Å²) in [6, 6.07) is 7.94. The predicted molar refractivity (Wildman–Crippen MR) is 77.5 cm³/mol. The second-order valence-electron chi connectivity index (χ2n) is 6.40. The summed E-state index contributed by atoms with van der Waals surface area (Å²) in [6.07, 6.45) is 0.769. The second-order valence-corrected chi connectivity index (χ2v) is 6.40. The molecular formula is C16H22N2O2. The Labute approximate surface area is 119 Å². The zero-order valence-electron chi connectivity index (χ0n) is 12.1. The minimum atomic E-state index is -0.205. The van der Waals surface area contributed by atoms with E-state index < -0.39 is 0 Å². The van der Waals surface area contributed by atoms with Gasteiger partial charge in [0.25, 0.3) is 0 Å². The van der Waals surface area contributed by atoms with E-state index in [1.54, 1.807) is 0 Å². The van der Waals surface area contributed by atoms with Gasteiger partial charge in [-0.3, -0.25) is 4.79 Å². The SMILES string of the molecule is CC(C)C1(N)CN(C(=O)C2COc3ccccc3C2)C1. The number of para-hydroxylation sites is 1. The van der Waals surface area contributed by atoms with Crippen LogP contribution in [0.2, 0.25) is 0 Å². The van der Waals surface area contributed by atoms with Crippen molar-refractivity contribution in [3.8, 4) is 5.75 Å². The highest BCUT2D eigenvalue weighted by Gasteiger charge is 2.46. The number of benzene rings is 1. The monoisotopic (exact) mass is 274 g/mol. The molecule has 0 spiro atoms. The van der Waals surface area contributed by atoms with Crippen LogP contribution < -0.4 is 10.5 Å². The van der Waals surface area contributed by atoms with Crippen LogP contribution in [0.4, 0.5) is 0 Å². The number of ether oxygens (including phenoxy) is 1. The highest BCUT2D eigenvalue weighted by atomic mass is 16.5. The number of carbonyl (C=O) groups excluding carboxylic acids is 1. The normalized spacial score (nSPS) is 23.8. The van der Waals surface area contributed by atoms with Crippen LogP contribution >= 0.6 is 0 Å². The van der Waals surface area contributed by atoms with E-state index in [-0.39, 0.29) is 17.4 Å². The lowest BCUT2D eigenvalue weighted by atomic mass is 9.79. The van der Waals surface area contributed by atoms with Crippen molar-refractivity contribution in [2.24, 2.45) is 17.6 Å². The average molecular weight is 274 g/mol. The summed E-state index contributed by atoms with van der Waals surface area (Å²) in [6.45, 7) is 6.04. The quantitative estimate of drug-likeness (QED) is 0.887. The third-order valence-electron chi connectivity index (χ3n) is 4.66.